The van der Waals surface area contributed by atoms with E-state index in [4.69, 9.17) is 37.4 Å². The van der Waals surface area contributed by atoms with Crippen LogP contribution < -0.4 is 14.2 Å². The highest BCUT2D eigenvalue weighted by atomic mass is 35.5. The summed E-state index contributed by atoms with van der Waals surface area (Å²) < 4.78 is 17.4. The lowest BCUT2D eigenvalue weighted by atomic mass is 10.1. The smallest absolute Gasteiger partial charge is 0.293 e. The van der Waals surface area contributed by atoms with Gasteiger partial charge in [0.15, 0.2) is 11.5 Å². The summed E-state index contributed by atoms with van der Waals surface area (Å²) in [5.41, 5.74) is 2.63. The Labute approximate surface area is 230 Å². The standard InChI is InChI=1S/C28H25Cl2NO5S/c1-3-34-25-14-19(6-11-24(25)36-17-20-7-8-21(29)16-23(20)30)15-26-27(32)31(28(33)37-26)12-13-35-22-9-4-18(2)5-10-22/h4-11,14-16H,3,12-13,17H2,1-2H3/b26-15-. The average Bonchev–Trinajstić information content (AvgIpc) is 3.13. The number of carbonyl (C=O) groups is 2. The molecule has 3 aromatic carbocycles. The maximum absolute atomic E-state index is 12.9. The number of rotatable bonds is 10. The van der Waals surface area contributed by atoms with E-state index in [2.05, 4.69) is 0 Å². The Morgan fingerprint density at radius 3 is 2.43 bits per heavy atom. The Balaban J connectivity index is 1.42. The summed E-state index contributed by atoms with van der Waals surface area (Å²) >= 11 is 13.1. The number of aryl methyl sites for hydroxylation is 1. The third kappa shape index (κ3) is 7.01. The van der Waals surface area contributed by atoms with Gasteiger partial charge in [-0.15, -0.1) is 0 Å². The molecule has 192 valence electrons. The van der Waals surface area contributed by atoms with Gasteiger partial charge in [0, 0.05) is 15.6 Å². The molecule has 6 nitrogen and oxygen atoms in total. The molecule has 1 fully saturated rings. The largest absolute Gasteiger partial charge is 0.492 e. The molecule has 4 rings (SSSR count). The van der Waals surface area contributed by atoms with Gasteiger partial charge in [-0.2, -0.15) is 0 Å². The van der Waals surface area contributed by atoms with Crippen LogP contribution in [0.4, 0.5) is 4.79 Å². The fourth-order valence-electron chi connectivity index (χ4n) is 3.53. The van der Waals surface area contributed by atoms with Gasteiger partial charge in [-0.05, 0) is 73.6 Å². The number of thioether (sulfide) groups is 1. The van der Waals surface area contributed by atoms with Gasteiger partial charge in [-0.3, -0.25) is 14.5 Å². The quantitative estimate of drug-likeness (QED) is 0.242. The molecule has 0 aliphatic carbocycles. The monoisotopic (exact) mass is 557 g/mol. The van der Waals surface area contributed by atoms with Crippen LogP contribution in [0.3, 0.4) is 0 Å². The second kappa shape index (κ2) is 12.4. The van der Waals surface area contributed by atoms with Crippen molar-refractivity contribution in [1.29, 1.82) is 0 Å². The van der Waals surface area contributed by atoms with Crippen molar-refractivity contribution in [1.82, 2.24) is 4.90 Å². The van der Waals surface area contributed by atoms with Crippen LogP contribution in [0, 0.1) is 6.92 Å². The van der Waals surface area contributed by atoms with E-state index in [1.165, 1.54) is 4.90 Å². The number of halogens is 2. The average molecular weight is 558 g/mol. The van der Waals surface area contributed by atoms with Crippen molar-refractivity contribution in [3.8, 4) is 17.2 Å². The van der Waals surface area contributed by atoms with Gasteiger partial charge in [-0.25, -0.2) is 0 Å². The minimum absolute atomic E-state index is 0.167. The molecule has 2 amide bonds. The normalized spacial score (nSPS) is 14.4. The van der Waals surface area contributed by atoms with Gasteiger partial charge in [0.1, 0.15) is 19.0 Å². The lowest BCUT2D eigenvalue weighted by Crippen LogP contribution is -2.32. The molecule has 37 heavy (non-hydrogen) atoms. The number of hydrogen-bond donors (Lipinski definition) is 0. The first-order valence-electron chi connectivity index (χ1n) is 11.6. The van der Waals surface area contributed by atoms with Crippen molar-refractivity contribution in [2.45, 2.75) is 20.5 Å². The molecule has 1 heterocycles. The van der Waals surface area contributed by atoms with Crippen LogP contribution in [0.15, 0.2) is 65.6 Å². The van der Waals surface area contributed by atoms with Crippen LogP contribution >= 0.6 is 35.0 Å². The van der Waals surface area contributed by atoms with Crippen LogP contribution in [-0.4, -0.2) is 35.8 Å². The molecule has 1 aliphatic heterocycles. The molecule has 0 aromatic heterocycles. The van der Waals surface area contributed by atoms with Crippen molar-refractivity contribution in [3.05, 3.63) is 92.3 Å². The van der Waals surface area contributed by atoms with Crippen LogP contribution in [0.1, 0.15) is 23.6 Å². The highest BCUT2D eigenvalue weighted by Gasteiger charge is 2.34. The molecule has 0 atom stereocenters. The molecule has 0 spiro atoms. The number of amides is 2. The molecule has 0 saturated carbocycles. The van der Waals surface area contributed by atoms with E-state index >= 15 is 0 Å². The van der Waals surface area contributed by atoms with Crippen molar-refractivity contribution in [3.63, 3.8) is 0 Å². The zero-order valence-electron chi connectivity index (χ0n) is 20.3. The fourth-order valence-corrected chi connectivity index (χ4v) is 4.86. The van der Waals surface area contributed by atoms with Gasteiger partial charge < -0.3 is 14.2 Å². The van der Waals surface area contributed by atoms with E-state index in [0.29, 0.717) is 44.4 Å². The molecule has 3 aromatic rings. The molecule has 1 saturated heterocycles. The molecule has 9 heteroatoms. The van der Waals surface area contributed by atoms with E-state index in [1.54, 1.807) is 42.5 Å². The van der Waals surface area contributed by atoms with Gasteiger partial charge in [0.05, 0.1) is 18.1 Å². The molecule has 0 bridgehead atoms. The van der Waals surface area contributed by atoms with Crippen LogP contribution in [0.2, 0.25) is 10.0 Å². The summed E-state index contributed by atoms with van der Waals surface area (Å²) in [6, 6.07) is 18.2. The molecular weight excluding hydrogens is 533 g/mol. The van der Waals surface area contributed by atoms with E-state index in [-0.39, 0.29) is 30.9 Å². The maximum atomic E-state index is 12.9. The lowest BCUT2D eigenvalue weighted by Gasteiger charge is -2.14. The first kappa shape index (κ1) is 26.9. The molecule has 1 aliphatic rings. The first-order chi connectivity index (χ1) is 17.8. The van der Waals surface area contributed by atoms with E-state index in [0.717, 1.165) is 22.9 Å². The number of ether oxygens (including phenoxy) is 3. The third-order valence-corrected chi connectivity index (χ3v) is 6.94. The number of benzene rings is 3. The Morgan fingerprint density at radius 2 is 1.70 bits per heavy atom. The topological polar surface area (TPSA) is 65.1 Å². The SMILES string of the molecule is CCOc1cc(/C=C2\SC(=O)N(CCOc3ccc(C)cc3)C2=O)ccc1OCc1ccc(Cl)cc1Cl. The zero-order chi connectivity index (χ0) is 26.4. The van der Waals surface area contributed by atoms with E-state index < -0.39 is 0 Å². The highest BCUT2D eigenvalue weighted by molar-refractivity contribution is 8.18. The van der Waals surface area contributed by atoms with Crippen molar-refractivity contribution in [2.24, 2.45) is 0 Å². The third-order valence-electron chi connectivity index (χ3n) is 5.44. The van der Waals surface area contributed by atoms with Crippen molar-refractivity contribution in [2.75, 3.05) is 19.8 Å². The van der Waals surface area contributed by atoms with Crippen LogP contribution in [0.5, 0.6) is 17.2 Å². The summed E-state index contributed by atoms with van der Waals surface area (Å²) in [6.07, 6.45) is 1.67. The molecule has 0 unspecified atom stereocenters. The van der Waals surface area contributed by atoms with Gasteiger partial charge in [0.25, 0.3) is 11.1 Å². The summed E-state index contributed by atoms with van der Waals surface area (Å²) in [5.74, 6) is 1.40. The van der Waals surface area contributed by atoms with Gasteiger partial charge in [0.2, 0.25) is 0 Å². The van der Waals surface area contributed by atoms with Crippen molar-refractivity contribution < 1.29 is 23.8 Å². The van der Waals surface area contributed by atoms with E-state index in [9.17, 15) is 9.59 Å². The summed E-state index contributed by atoms with van der Waals surface area (Å²) in [7, 11) is 0. The Hall–Kier alpha value is -3.13. The number of imide groups is 1. The number of carbonyl (C=O) groups excluding carboxylic acids is 2. The minimum atomic E-state index is -0.349. The Kier molecular flexibility index (Phi) is 9.03. The van der Waals surface area contributed by atoms with Crippen LogP contribution in [0.25, 0.3) is 6.08 Å². The second-order valence-corrected chi connectivity index (χ2v) is 10.00. The second-order valence-electron chi connectivity index (χ2n) is 8.16. The number of nitrogens with zero attached hydrogens (tertiary/aromatic N) is 1. The molecular formula is C28H25Cl2NO5S. The van der Waals surface area contributed by atoms with Crippen molar-refractivity contribution >= 4 is 52.2 Å². The van der Waals surface area contributed by atoms with Crippen LogP contribution in [-0.2, 0) is 11.4 Å². The van der Waals surface area contributed by atoms with E-state index in [1.807, 2.05) is 38.1 Å². The lowest BCUT2D eigenvalue weighted by molar-refractivity contribution is -0.123. The maximum Gasteiger partial charge on any atom is 0.293 e. The minimum Gasteiger partial charge on any atom is -0.492 e. The highest BCUT2D eigenvalue weighted by Crippen LogP contribution is 2.35. The predicted octanol–water partition coefficient (Wildman–Crippen LogP) is 7.39. The molecule has 0 radical (unpaired) electrons. The van der Waals surface area contributed by atoms with Gasteiger partial charge in [-0.1, -0.05) is 53.0 Å². The van der Waals surface area contributed by atoms with Gasteiger partial charge >= 0.3 is 0 Å². The fraction of sp³-hybridized carbons (Fsp3) is 0.214. The Morgan fingerprint density at radius 1 is 0.919 bits per heavy atom. The molecule has 0 N–H and O–H groups in total. The summed E-state index contributed by atoms with van der Waals surface area (Å²) in [6.45, 7) is 4.91. The number of hydrogen-bond acceptors (Lipinski definition) is 6. The first-order valence-corrected chi connectivity index (χ1v) is 13.2. The Bertz CT molecular complexity index is 1330. The summed E-state index contributed by atoms with van der Waals surface area (Å²) in [4.78, 5) is 26.9. The predicted molar refractivity (Wildman–Crippen MR) is 148 cm³/mol. The summed E-state index contributed by atoms with van der Waals surface area (Å²) in [5, 5.41) is 0.743. The zero-order valence-corrected chi connectivity index (χ0v) is 22.7.